The van der Waals surface area contributed by atoms with Crippen molar-refractivity contribution in [2.24, 2.45) is 10.7 Å². The summed E-state index contributed by atoms with van der Waals surface area (Å²) in [7, 11) is 3.22. The van der Waals surface area contributed by atoms with Gasteiger partial charge in [-0.05, 0) is 36.2 Å². The van der Waals surface area contributed by atoms with E-state index in [1.165, 1.54) is 18.3 Å². The molecule has 0 saturated carbocycles. The number of benzene rings is 1. The Morgan fingerprint density at radius 2 is 1.91 bits per heavy atom. The summed E-state index contributed by atoms with van der Waals surface area (Å²) in [6.07, 6.45) is 0.741. The molecule has 168 valence electrons. The van der Waals surface area contributed by atoms with Gasteiger partial charge in [-0.25, -0.2) is 9.97 Å². The van der Waals surface area contributed by atoms with Crippen LogP contribution in [0.5, 0.6) is 11.5 Å². The molecule has 2 aromatic heterocycles. The third kappa shape index (κ3) is 6.42. The van der Waals surface area contributed by atoms with Crippen molar-refractivity contribution in [1.29, 1.82) is 0 Å². The zero-order valence-corrected chi connectivity index (χ0v) is 19.0. The van der Waals surface area contributed by atoms with Crippen molar-refractivity contribution in [3.8, 4) is 22.9 Å². The van der Waals surface area contributed by atoms with E-state index in [9.17, 15) is 4.79 Å². The first-order valence-corrected chi connectivity index (χ1v) is 10.8. The van der Waals surface area contributed by atoms with Crippen molar-refractivity contribution in [3.05, 3.63) is 53.0 Å². The predicted molar refractivity (Wildman–Crippen MR) is 125 cm³/mol. The van der Waals surface area contributed by atoms with Crippen molar-refractivity contribution in [2.75, 3.05) is 20.8 Å². The minimum atomic E-state index is -0.100. The number of guanidine groups is 1. The lowest BCUT2D eigenvalue weighted by molar-refractivity contribution is -0.119. The van der Waals surface area contributed by atoms with Gasteiger partial charge in [0.15, 0.2) is 17.5 Å². The van der Waals surface area contributed by atoms with E-state index in [1.807, 2.05) is 41.8 Å². The van der Waals surface area contributed by atoms with Gasteiger partial charge in [-0.3, -0.25) is 4.79 Å². The molecule has 0 aliphatic rings. The van der Waals surface area contributed by atoms with Crippen LogP contribution in [0.3, 0.4) is 0 Å². The van der Waals surface area contributed by atoms with E-state index in [0.29, 0.717) is 47.1 Å². The fraction of sp³-hybridized carbons (Fsp3) is 0.273. The van der Waals surface area contributed by atoms with Gasteiger partial charge in [0, 0.05) is 18.8 Å². The molecule has 3 aromatic rings. The highest BCUT2D eigenvalue weighted by atomic mass is 32.1. The van der Waals surface area contributed by atoms with E-state index >= 15 is 0 Å². The first-order chi connectivity index (χ1) is 15.5. The number of thiazole rings is 1. The molecule has 0 radical (unpaired) electrons. The Morgan fingerprint density at radius 3 is 2.66 bits per heavy atom. The van der Waals surface area contributed by atoms with Gasteiger partial charge in [0.05, 0.1) is 32.2 Å². The summed E-state index contributed by atoms with van der Waals surface area (Å²) < 4.78 is 10.6. The number of nitrogens with one attached hydrogen (secondary N) is 2. The summed E-state index contributed by atoms with van der Waals surface area (Å²) in [5, 5.41) is 8.24. The SMILES string of the molecule is COc1ccc(CCNC(N)=Nc2nc(-c3cccc(CNC(C)=O)n3)cs2)cc1OC. The second kappa shape index (κ2) is 11.1. The number of rotatable bonds is 9. The fourth-order valence-corrected chi connectivity index (χ4v) is 3.58. The molecule has 1 amide bonds. The summed E-state index contributed by atoms with van der Waals surface area (Å²) in [5.41, 5.74) is 9.28. The van der Waals surface area contributed by atoms with Gasteiger partial charge in [-0.2, -0.15) is 4.99 Å². The summed E-state index contributed by atoms with van der Waals surface area (Å²) >= 11 is 1.38. The van der Waals surface area contributed by atoms with Crippen molar-refractivity contribution in [2.45, 2.75) is 19.9 Å². The lowest BCUT2D eigenvalue weighted by Gasteiger charge is -2.10. The van der Waals surface area contributed by atoms with Crippen LogP contribution in [0.2, 0.25) is 0 Å². The molecule has 0 aliphatic carbocycles. The maximum absolute atomic E-state index is 11.1. The van der Waals surface area contributed by atoms with Crippen LogP contribution in [0, 0.1) is 0 Å². The van der Waals surface area contributed by atoms with Crippen molar-refractivity contribution >= 4 is 28.3 Å². The molecule has 0 spiro atoms. The first kappa shape index (κ1) is 23.0. The largest absolute Gasteiger partial charge is 0.493 e. The van der Waals surface area contributed by atoms with E-state index in [-0.39, 0.29) is 5.91 Å². The number of hydrogen-bond donors (Lipinski definition) is 3. The number of amides is 1. The third-order valence-electron chi connectivity index (χ3n) is 4.46. The van der Waals surface area contributed by atoms with E-state index in [2.05, 4.69) is 25.6 Å². The van der Waals surface area contributed by atoms with Crippen LogP contribution in [0.4, 0.5) is 5.13 Å². The standard InChI is InChI=1S/C22H26N6O3S/c1-14(29)25-12-16-5-4-6-17(26-16)18-13-32-22(27-18)28-21(23)24-10-9-15-7-8-19(30-2)20(11-15)31-3/h4-8,11,13H,9-10,12H2,1-3H3,(H,25,29)(H3,23,24,27,28). The van der Waals surface area contributed by atoms with E-state index in [0.717, 1.165) is 17.7 Å². The van der Waals surface area contributed by atoms with Gasteiger partial charge in [-0.15, -0.1) is 11.3 Å². The molecule has 0 aliphatic heterocycles. The molecular formula is C22H26N6O3S. The molecule has 0 atom stereocenters. The first-order valence-electron chi connectivity index (χ1n) is 9.93. The minimum Gasteiger partial charge on any atom is -0.493 e. The van der Waals surface area contributed by atoms with Gasteiger partial charge < -0.3 is 25.8 Å². The molecule has 32 heavy (non-hydrogen) atoms. The molecule has 0 fully saturated rings. The Morgan fingerprint density at radius 1 is 1.09 bits per heavy atom. The van der Waals surface area contributed by atoms with Crippen LogP contribution in [0.1, 0.15) is 18.2 Å². The predicted octanol–water partition coefficient (Wildman–Crippen LogP) is 2.64. The number of nitrogens with two attached hydrogens (primary N) is 1. The molecule has 10 heteroatoms. The Balaban J connectivity index is 1.58. The maximum Gasteiger partial charge on any atom is 0.217 e. The fourth-order valence-electron chi connectivity index (χ4n) is 2.88. The van der Waals surface area contributed by atoms with E-state index in [1.54, 1.807) is 14.2 Å². The number of carbonyl (C=O) groups is 1. The highest BCUT2D eigenvalue weighted by Crippen LogP contribution is 2.28. The molecule has 0 unspecified atom stereocenters. The molecule has 3 rings (SSSR count). The number of aliphatic imine (C=N–C) groups is 1. The highest BCUT2D eigenvalue weighted by molar-refractivity contribution is 7.13. The quantitative estimate of drug-likeness (QED) is 0.335. The monoisotopic (exact) mass is 454 g/mol. The van der Waals surface area contributed by atoms with Crippen LogP contribution < -0.4 is 25.8 Å². The summed E-state index contributed by atoms with van der Waals surface area (Å²) in [6.45, 7) is 2.45. The Bertz CT molecular complexity index is 1100. The van der Waals surface area contributed by atoms with Gasteiger partial charge in [0.2, 0.25) is 11.0 Å². The second-order valence-corrected chi connectivity index (χ2v) is 7.64. The molecule has 4 N–H and O–H groups in total. The number of pyridine rings is 1. The average Bonchev–Trinajstić information content (AvgIpc) is 3.26. The van der Waals surface area contributed by atoms with Gasteiger partial charge >= 0.3 is 0 Å². The number of aromatic nitrogens is 2. The normalized spacial score (nSPS) is 11.2. The van der Waals surface area contributed by atoms with Crippen LogP contribution in [0.15, 0.2) is 46.8 Å². The number of methoxy groups -OCH3 is 2. The van der Waals surface area contributed by atoms with E-state index < -0.39 is 0 Å². The van der Waals surface area contributed by atoms with Crippen molar-refractivity contribution in [3.63, 3.8) is 0 Å². The molecule has 2 heterocycles. The summed E-state index contributed by atoms with van der Waals surface area (Å²) in [4.78, 5) is 24.5. The third-order valence-corrected chi connectivity index (χ3v) is 5.20. The van der Waals surface area contributed by atoms with Gasteiger partial charge in [0.25, 0.3) is 0 Å². The lowest BCUT2D eigenvalue weighted by atomic mass is 10.1. The molecule has 1 aromatic carbocycles. The molecule has 9 nitrogen and oxygen atoms in total. The summed E-state index contributed by atoms with van der Waals surface area (Å²) in [6, 6.07) is 11.4. The lowest BCUT2D eigenvalue weighted by Crippen LogP contribution is -2.32. The van der Waals surface area contributed by atoms with Gasteiger partial charge in [0.1, 0.15) is 5.69 Å². The number of hydrogen-bond acceptors (Lipinski definition) is 7. The molecule has 0 saturated heterocycles. The van der Waals surface area contributed by atoms with Crippen LogP contribution in [-0.2, 0) is 17.8 Å². The average molecular weight is 455 g/mol. The van der Waals surface area contributed by atoms with Crippen molar-refractivity contribution < 1.29 is 14.3 Å². The van der Waals surface area contributed by atoms with Gasteiger partial charge in [-0.1, -0.05) is 12.1 Å². The number of nitrogens with zero attached hydrogens (tertiary/aromatic N) is 3. The Hall–Kier alpha value is -3.66. The minimum absolute atomic E-state index is 0.100. The zero-order chi connectivity index (χ0) is 22.9. The number of ether oxygens (including phenoxy) is 2. The highest BCUT2D eigenvalue weighted by Gasteiger charge is 2.08. The summed E-state index contributed by atoms with van der Waals surface area (Å²) in [5.74, 6) is 1.58. The Labute approximate surface area is 190 Å². The smallest absolute Gasteiger partial charge is 0.217 e. The zero-order valence-electron chi connectivity index (χ0n) is 18.2. The second-order valence-electron chi connectivity index (χ2n) is 6.80. The number of carbonyl (C=O) groups excluding carboxylic acids is 1. The Kier molecular flexibility index (Phi) is 7.98. The molecular weight excluding hydrogens is 428 g/mol. The maximum atomic E-state index is 11.1. The topological polar surface area (TPSA) is 124 Å². The van der Waals surface area contributed by atoms with Crippen LogP contribution >= 0.6 is 11.3 Å². The van der Waals surface area contributed by atoms with Crippen LogP contribution in [0.25, 0.3) is 11.4 Å². The van der Waals surface area contributed by atoms with Crippen molar-refractivity contribution in [1.82, 2.24) is 20.6 Å². The van der Waals surface area contributed by atoms with E-state index in [4.69, 9.17) is 15.2 Å². The van der Waals surface area contributed by atoms with Crippen LogP contribution in [-0.4, -0.2) is 42.6 Å². The molecule has 0 bridgehead atoms.